The number of halogens is 4. The standard InChI is InChI=1S/C25H26F4N4O3/c1-16-23(25(27,28)29)21(33(31-16)19-6-4-3-5-7-19)14-20(34)12-18-15-32(10-11-35-2)36-24(18)17-8-9-30-22(26)13-17/h3-9,13,18,24H,10-12,14-15H2,1-2H3/t18-,24+/m1/s1. The quantitative estimate of drug-likeness (QED) is 0.315. The van der Waals surface area contributed by atoms with Gasteiger partial charge in [-0.3, -0.25) is 9.63 Å². The van der Waals surface area contributed by atoms with E-state index in [0.717, 1.165) is 0 Å². The summed E-state index contributed by atoms with van der Waals surface area (Å²) in [6, 6.07) is 11.2. The molecule has 4 rings (SSSR count). The van der Waals surface area contributed by atoms with Crippen molar-refractivity contribution in [1.82, 2.24) is 19.8 Å². The van der Waals surface area contributed by atoms with Crippen LogP contribution in [0.4, 0.5) is 17.6 Å². The van der Waals surface area contributed by atoms with Crippen LogP contribution in [0.15, 0.2) is 48.7 Å². The second kappa shape index (κ2) is 10.9. The molecule has 1 aliphatic heterocycles. The summed E-state index contributed by atoms with van der Waals surface area (Å²) in [5.41, 5.74) is -0.385. The summed E-state index contributed by atoms with van der Waals surface area (Å²) in [5, 5.41) is 5.73. The van der Waals surface area contributed by atoms with E-state index < -0.39 is 41.9 Å². The number of hydroxylamine groups is 2. The molecule has 1 aliphatic rings. The molecule has 0 saturated carbocycles. The predicted octanol–water partition coefficient (Wildman–Crippen LogP) is 4.49. The lowest BCUT2D eigenvalue weighted by Crippen LogP contribution is -2.24. The zero-order chi connectivity index (χ0) is 25.9. The third-order valence-electron chi connectivity index (χ3n) is 6.05. The average Bonchev–Trinajstić information content (AvgIpc) is 3.38. The molecule has 2 atom stereocenters. The first-order valence-electron chi connectivity index (χ1n) is 11.4. The number of methoxy groups -OCH3 is 1. The Balaban J connectivity index is 1.61. The zero-order valence-corrected chi connectivity index (χ0v) is 19.8. The van der Waals surface area contributed by atoms with Gasteiger partial charge in [0.05, 0.1) is 23.7 Å². The van der Waals surface area contributed by atoms with Crippen LogP contribution in [0.25, 0.3) is 5.69 Å². The van der Waals surface area contributed by atoms with Crippen molar-refractivity contribution in [1.29, 1.82) is 0 Å². The molecule has 1 aromatic carbocycles. The highest BCUT2D eigenvalue weighted by Crippen LogP contribution is 2.38. The number of pyridine rings is 1. The van der Waals surface area contributed by atoms with Crippen LogP contribution in [0.2, 0.25) is 0 Å². The summed E-state index contributed by atoms with van der Waals surface area (Å²) in [4.78, 5) is 22.7. The maximum Gasteiger partial charge on any atom is 0.419 e. The first-order valence-corrected chi connectivity index (χ1v) is 11.4. The van der Waals surface area contributed by atoms with Crippen molar-refractivity contribution >= 4 is 5.78 Å². The molecular formula is C25H26F4N4O3. The smallest absolute Gasteiger partial charge is 0.383 e. The van der Waals surface area contributed by atoms with Crippen molar-refractivity contribution in [3.05, 3.63) is 77.1 Å². The second-order valence-electron chi connectivity index (χ2n) is 8.65. The van der Waals surface area contributed by atoms with Crippen LogP contribution in [0.3, 0.4) is 0 Å². The number of nitrogens with zero attached hydrogens (tertiary/aromatic N) is 4. The van der Waals surface area contributed by atoms with Gasteiger partial charge in [-0.1, -0.05) is 18.2 Å². The fourth-order valence-corrected chi connectivity index (χ4v) is 4.52. The molecule has 0 amide bonds. The van der Waals surface area contributed by atoms with E-state index >= 15 is 0 Å². The molecule has 0 unspecified atom stereocenters. The van der Waals surface area contributed by atoms with Gasteiger partial charge in [-0.05, 0) is 36.8 Å². The van der Waals surface area contributed by atoms with Crippen molar-refractivity contribution in [2.75, 3.05) is 26.8 Å². The first kappa shape index (κ1) is 25.9. The zero-order valence-electron chi connectivity index (χ0n) is 19.8. The molecule has 1 fully saturated rings. The fraction of sp³-hybridized carbons (Fsp3) is 0.400. The number of hydrogen-bond donors (Lipinski definition) is 0. The third-order valence-corrected chi connectivity index (χ3v) is 6.05. The maximum absolute atomic E-state index is 13.9. The summed E-state index contributed by atoms with van der Waals surface area (Å²) in [7, 11) is 1.54. The maximum atomic E-state index is 13.9. The number of rotatable bonds is 9. The van der Waals surface area contributed by atoms with Gasteiger partial charge in [0.25, 0.3) is 0 Å². The van der Waals surface area contributed by atoms with Gasteiger partial charge in [-0.15, -0.1) is 0 Å². The van der Waals surface area contributed by atoms with Crippen molar-refractivity contribution in [2.24, 2.45) is 5.92 Å². The molecule has 7 nitrogen and oxygen atoms in total. The molecule has 2 aromatic heterocycles. The first-order chi connectivity index (χ1) is 17.2. The van der Waals surface area contributed by atoms with Crippen molar-refractivity contribution < 1.29 is 31.9 Å². The Bertz CT molecular complexity index is 1200. The molecule has 36 heavy (non-hydrogen) atoms. The van der Waals surface area contributed by atoms with Crippen LogP contribution in [-0.4, -0.2) is 52.4 Å². The molecule has 0 bridgehead atoms. The summed E-state index contributed by atoms with van der Waals surface area (Å²) in [6.07, 6.45) is -4.53. The number of hydrogen-bond acceptors (Lipinski definition) is 6. The molecule has 0 aliphatic carbocycles. The fourth-order valence-electron chi connectivity index (χ4n) is 4.52. The van der Waals surface area contributed by atoms with E-state index in [2.05, 4.69) is 10.1 Å². The van der Waals surface area contributed by atoms with E-state index in [0.29, 0.717) is 30.9 Å². The Morgan fingerprint density at radius 1 is 1.22 bits per heavy atom. The van der Waals surface area contributed by atoms with Crippen LogP contribution >= 0.6 is 0 Å². The molecule has 0 spiro atoms. The van der Waals surface area contributed by atoms with Crippen LogP contribution in [0.1, 0.15) is 35.0 Å². The highest BCUT2D eigenvalue weighted by atomic mass is 19.4. The lowest BCUT2D eigenvalue weighted by atomic mass is 9.91. The van der Waals surface area contributed by atoms with Crippen molar-refractivity contribution in [2.45, 2.75) is 32.0 Å². The van der Waals surface area contributed by atoms with Gasteiger partial charge in [0, 0.05) is 45.2 Å². The van der Waals surface area contributed by atoms with E-state index in [9.17, 15) is 22.4 Å². The number of aryl methyl sites for hydroxylation is 1. The molecule has 0 N–H and O–H groups in total. The number of ketones is 1. The largest absolute Gasteiger partial charge is 0.419 e. The number of carbonyl (C=O) groups excluding carboxylic acids is 1. The summed E-state index contributed by atoms with van der Waals surface area (Å²) in [5.74, 6) is -1.49. The molecule has 192 valence electrons. The number of alkyl halides is 3. The van der Waals surface area contributed by atoms with Crippen LogP contribution in [0, 0.1) is 18.8 Å². The Hall–Kier alpha value is -3.15. The van der Waals surface area contributed by atoms with E-state index in [1.165, 1.54) is 23.9 Å². The van der Waals surface area contributed by atoms with Crippen LogP contribution < -0.4 is 0 Å². The van der Waals surface area contributed by atoms with E-state index in [1.807, 2.05) is 0 Å². The van der Waals surface area contributed by atoms with Gasteiger partial charge in [-0.25, -0.2) is 9.67 Å². The van der Waals surface area contributed by atoms with E-state index in [4.69, 9.17) is 9.57 Å². The van der Waals surface area contributed by atoms with Gasteiger partial charge in [0.1, 0.15) is 17.5 Å². The minimum absolute atomic E-state index is 0.0611. The number of para-hydroxylation sites is 1. The van der Waals surface area contributed by atoms with Gasteiger partial charge >= 0.3 is 6.18 Å². The van der Waals surface area contributed by atoms with Crippen LogP contribution in [-0.2, 0) is 27.0 Å². The summed E-state index contributed by atoms with van der Waals surface area (Å²) < 4.78 is 61.9. The number of aromatic nitrogens is 3. The highest BCUT2D eigenvalue weighted by Gasteiger charge is 2.41. The van der Waals surface area contributed by atoms with Gasteiger partial charge in [0.15, 0.2) is 0 Å². The van der Waals surface area contributed by atoms with Gasteiger partial charge < -0.3 is 4.74 Å². The molecule has 1 saturated heterocycles. The Morgan fingerprint density at radius 2 is 1.97 bits per heavy atom. The Morgan fingerprint density at radius 3 is 2.64 bits per heavy atom. The summed E-state index contributed by atoms with van der Waals surface area (Å²) >= 11 is 0. The van der Waals surface area contributed by atoms with Gasteiger partial charge in [0.2, 0.25) is 5.95 Å². The number of benzene rings is 1. The lowest BCUT2D eigenvalue weighted by molar-refractivity contribution is -0.155. The van der Waals surface area contributed by atoms with E-state index in [1.54, 1.807) is 48.6 Å². The molecule has 3 heterocycles. The lowest BCUT2D eigenvalue weighted by Gasteiger charge is -2.18. The Labute approximate surface area is 205 Å². The minimum atomic E-state index is -4.67. The topological polar surface area (TPSA) is 69.5 Å². The summed E-state index contributed by atoms with van der Waals surface area (Å²) in [6.45, 7) is 2.42. The molecular weight excluding hydrogens is 480 g/mol. The monoisotopic (exact) mass is 506 g/mol. The normalized spacial score (nSPS) is 18.6. The number of Topliss-reactive ketones (excluding diaryl/α,β-unsaturated/α-hetero) is 1. The number of ether oxygens (including phenoxy) is 1. The predicted molar refractivity (Wildman–Crippen MR) is 122 cm³/mol. The molecule has 0 radical (unpaired) electrons. The van der Waals surface area contributed by atoms with Crippen molar-refractivity contribution in [3.63, 3.8) is 0 Å². The number of carbonyl (C=O) groups is 1. The minimum Gasteiger partial charge on any atom is -0.383 e. The Kier molecular flexibility index (Phi) is 7.82. The van der Waals surface area contributed by atoms with E-state index in [-0.39, 0.29) is 17.8 Å². The average molecular weight is 507 g/mol. The van der Waals surface area contributed by atoms with Gasteiger partial charge in [-0.2, -0.15) is 27.7 Å². The molecule has 11 heteroatoms. The third kappa shape index (κ3) is 5.80. The van der Waals surface area contributed by atoms with Crippen LogP contribution in [0.5, 0.6) is 0 Å². The second-order valence-corrected chi connectivity index (χ2v) is 8.65. The highest BCUT2D eigenvalue weighted by molar-refractivity contribution is 5.81. The SMILES string of the molecule is COCCN1C[C@@H](CC(=O)Cc2c(C(F)(F)F)c(C)nn2-c2ccccc2)[C@H](c2ccnc(F)c2)O1. The van der Waals surface area contributed by atoms with Crippen molar-refractivity contribution in [3.8, 4) is 5.69 Å². The molecule has 3 aromatic rings.